The van der Waals surface area contributed by atoms with Crippen molar-refractivity contribution in [2.24, 2.45) is 22.2 Å². The second-order valence-corrected chi connectivity index (χ2v) is 8.97. The summed E-state index contributed by atoms with van der Waals surface area (Å²) in [5.74, 6) is 2.35. The summed E-state index contributed by atoms with van der Waals surface area (Å²) in [6.45, 7) is 12.2. The maximum atomic E-state index is 6.09. The van der Waals surface area contributed by atoms with E-state index in [2.05, 4.69) is 48.3 Å². The summed E-state index contributed by atoms with van der Waals surface area (Å²) in [5, 5.41) is 7.04. The molecule has 0 aromatic heterocycles. The van der Waals surface area contributed by atoms with Crippen molar-refractivity contribution >= 4 is 5.96 Å². The molecule has 0 spiro atoms. The fraction of sp³-hybridized carbons (Fsp3) is 0.950. The fourth-order valence-electron chi connectivity index (χ4n) is 4.20. The fourth-order valence-corrected chi connectivity index (χ4v) is 4.20. The molecule has 0 bridgehead atoms. The number of rotatable bonds is 5. The Morgan fingerprint density at radius 2 is 1.88 bits per heavy atom. The Morgan fingerprint density at radius 3 is 2.52 bits per heavy atom. The smallest absolute Gasteiger partial charge is 0.190 e. The summed E-state index contributed by atoms with van der Waals surface area (Å²) < 4.78 is 6.09. The Morgan fingerprint density at radius 1 is 1.16 bits per heavy atom. The Kier molecular flexibility index (Phi) is 8.01. The number of hydrogen-bond acceptors (Lipinski definition) is 3. The highest BCUT2D eigenvalue weighted by Gasteiger charge is 2.35. The predicted molar refractivity (Wildman–Crippen MR) is 106 cm³/mol. The van der Waals surface area contributed by atoms with Crippen molar-refractivity contribution in [2.45, 2.75) is 59.0 Å². The monoisotopic (exact) mass is 352 g/mol. The predicted octanol–water partition coefficient (Wildman–Crippen LogP) is 2.72. The second-order valence-electron chi connectivity index (χ2n) is 8.97. The zero-order valence-corrected chi connectivity index (χ0v) is 17.1. The Balaban J connectivity index is 1.70. The molecule has 2 aliphatic rings. The van der Waals surface area contributed by atoms with Crippen molar-refractivity contribution in [3.8, 4) is 0 Å². The molecular weight excluding hydrogens is 312 g/mol. The minimum atomic E-state index is 0.192. The lowest BCUT2D eigenvalue weighted by molar-refractivity contribution is -0.0835. The van der Waals surface area contributed by atoms with Gasteiger partial charge in [0.1, 0.15) is 0 Å². The van der Waals surface area contributed by atoms with Gasteiger partial charge in [-0.15, -0.1) is 0 Å². The number of likely N-dealkylation sites (tertiary alicyclic amines) is 1. The van der Waals surface area contributed by atoms with E-state index < -0.39 is 0 Å². The zero-order valence-electron chi connectivity index (χ0n) is 17.1. The molecule has 25 heavy (non-hydrogen) atoms. The van der Waals surface area contributed by atoms with Crippen molar-refractivity contribution in [1.29, 1.82) is 0 Å². The zero-order chi connectivity index (χ0) is 18.3. The van der Waals surface area contributed by atoms with Crippen LogP contribution in [0.25, 0.3) is 0 Å². The van der Waals surface area contributed by atoms with Gasteiger partial charge in [-0.2, -0.15) is 0 Å². The van der Waals surface area contributed by atoms with E-state index in [1.54, 1.807) is 0 Å². The molecule has 0 aliphatic carbocycles. The molecule has 2 rings (SSSR count). The highest BCUT2D eigenvalue weighted by molar-refractivity contribution is 5.79. The standard InChI is InChI=1S/C20H40N4O/c1-20(2,3)18-17(7-6-14-25-18)15-23-19(21-4)22-11-8-16-9-12-24(5)13-10-16/h16-18H,6-15H2,1-5H3,(H2,21,22,23). The highest BCUT2D eigenvalue weighted by atomic mass is 16.5. The molecule has 2 unspecified atom stereocenters. The van der Waals surface area contributed by atoms with Gasteiger partial charge >= 0.3 is 0 Å². The summed E-state index contributed by atoms with van der Waals surface area (Å²) >= 11 is 0. The first kappa shape index (κ1) is 20.5. The van der Waals surface area contributed by atoms with Crippen LogP contribution in [0.3, 0.4) is 0 Å². The summed E-state index contributed by atoms with van der Waals surface area (Å²) in [4.78, 5) is 6.83. The molecule has 2 saturated heterocycles. The van der Waals surface area contributed by atoms with Crippen molar-refractivity contribution in [3.05, 3.63) is 0 Å². The maximum absolute atomic E-state index is 6.09. The third kappa shape index (κ3) is 6.78. The largest absolute Gasteiger partial charge is 0.377 e. The summed E-state index contributed by atoms with van der Waals surface area (Å²) in [6, 6.07) is 0. The van der Waals surface area contributed by atoms with Gasteiger partial charge in [0.05, 0.1) is 6.10 Å². The first-order valence-corrected chi connectivity index (χ1v) is 10.1. The van der Waals surface area contributed by atoms with Crippen LogP contribution < -0.4 is 10.6 Å². The average molecular weight is 353 g/mol. The lowest BCUT2D eigenvalue weighted by Gasteiger charge is -2.40. The van der Waals surface area contributed by atoms with Crippen LogP contribution in [0.15, 0.2) is 4.99 Å². The van der Waals surface area contributed by atoms with Gasteiger partial charge in [-0.3, -0.25) is 4.99 Å². The molecule has 5 heteroatoms. The summed E-state index contributed by atoms with van der Waals surface area (Å²) in [5.41, 5.74) is 0.192. The van der Waals surface area contributed by atoms with Crippen LogP contribution in [0.5, 0.6) is 0 Å². The topological polar surface area (TPSA) is 48.9 Å². The Bertz CT molecular complexity index is 410. The van der Waals surface area contributed by atoms with E-state index in [1.165, 1.54) is 45.2 Å². The van der Waals surface area contributed by atoms with Gasteiger partial charge in [0.15, 0.2) is 5.96 Å². The number of nitrogens with one attached hydrogen (secondary N) is 2. The van der Waals surface area contributed by atoms with E-state index >= 15 is 0 Å². The number of piperidine rings is 1. The van der Waals surface area contributed by atoms with Crippen LogP contribution >= 0.6 is 0 Å². The summed E-state index contributed by atoms with van der Waals surface area (Å²) in [7, 11) is 4.09. The van der Waals surface area contributed by atoms with E-state index in [0.29, 0.717) is 12.0 Å². The van der Waals surface area contributed by atoms with Crippen LogP contribution in [0.4, 0.5) is 0 Å². The highest BCUT2D eigenvalue weighted by Crippen LogP contribution is 2.33. The minimum absolute atomic E-state index is 0.192. The third-order valence-electron chi connectivity index (χ3n) is 5.74. The van der Waals surface area contributed by atoms with E-state index in [1.807, 2.05) is 7.05 Å². The Hall–Kier alpha value is -0.810. The van der Waals surface area contributed by atoms with Crippen LogP contribution in [0.2, 0.25) is 0 Å². The number of guanidine groups is 1. The summed E-state index contributed by atoms with van der Waals surface area (Å²) in [6.07, 6.45) is 6.63. The molecule has 146 valence electrons. The van der Waals surface area contributed by atoms with Crippen LogP contribution in [-0.4, -0.2) is 63.8 Å². The molecule has 0 aromatic carbocycles. The molecule has 5 nitrogen and oxygen atoms in total. The Labute approximate surface area is 155 Å². The maximum Gasteiger partial charge on any atom is 0.190 e. The van der Waals surface area contributed by atoms with Gasteiger partial charge in [-0.1, -0.05) is 20.8 Å². The number of hydrogen-bond donors (Lipinski definition) is 2. The van der Waals surface area contributed by atoms with Crippen LogP contribution in [-0.2, 0) is 4.74 Å². The molecule has 2 fully saturated rings. The van der Waals surface area contributed by atoms with E-state index in [4.69, 9.17) is 4.74 Å². The second kappa shape index (κ2) is 9.77. The first-order chi connectivity index (χ1) is 11.9. The number of ether oxygens (including phenoxy) is 1. The molecule has 0 saturated carbocycles. The molecule has 2 heterocycles. The number of aliphatic imine (C=N–C) groups is 1. The van der Waals surface area contributed by atoms with Gasteiger partial charge in [-0.05, 0) is 63.6 Å². The van der Waals surface area contributed by atoms with Gasteiger partial charge in [0.2, 0.25) is 0 Å². The van der Waals surface area contributed by atoms with E-state index in [0.717, 1.165) is 31.6 Å². The van der Waals surface area contributed by atoms with Crippen molar-refractivity contribution in [2.75, 3.05) is 46.9 Å². The lowest BCUT2D eigenvalue weighted by Crippen LogP contribution is -2.47. The third-order valence-corrected chi connectivity index (χ3v) is 5.74. The number of nitrogens with zero attached hydrogens (tertiary/aromatic N) is 2. The quantitative estimate of drug-likeness (QED) is 0.590. The van der Waals surface area contributed by atoms with Gasteiger partial charge < -0.3 is 20.3 Å². The molecule has 0 radical (unpaired) electrons. The lowest BCUT2D eigenvalue weighted by atomic mass is 9.78. The molecule has 0 aromatic rings. The average Bonchev–Trinajstić information content (AvgIpc) is 2.59. The van der Waals surface area contributed by atoms with Crippen molar-refractivity contribution < 1.29 is 4.74 Å². The molecule has 2 aliphatic heterocycles. The SMILES string of the molecule is CN=C(NCCC1CCN(C)CC1)NCC1CCCOC1C(C)(C)C. The van der Waals surface area contributed by atoms with Crippen molar-refractivity contribution in [1.82, 2.24) is 15.5 Å². The van der Waals surface area contributed by atoms with Gasteiger partial charge in [0.25, 0.3) is 0 Å². The van der Waals surface area contributed by atoms with E-state index in [-0.39, 0.29) is 5.41 Å². The van der Waals surface area contributed by atoms with Crippen LogP contribution in [0.1, 0.15) is 52.9 Å². The molecule has 2 N–H and O–H groups in total. The molecule has 0 amide bonds. The molecule has 2 atom stereocenters. The van der Waals surface area contributed by atoms with E-state index in [9.17, 15) is 0 Å². The van der Waals surface area contributed by atoms with Gasteiger partial charge in [-0.25, -0.2) is 0 Å². The first-order valence-electron chi connectivity index (χ1n) is 10.1. The molecular formula is C20H40N4O. The minimum Gasteiger partial charge on any atom is -0.377 e. The van der Waals surface area contributed by atoms with Crippen LogP contribution in [0, 0.1) is 17.3 Å². The normalized spacial score (nSPS) is 27.3. The van der Waals surface area contributed by atoms with Gasteiger partial charge in [0, 0.05) is 32.7 Å². The van der Waals surface area contributed by atoms with Crippen molar-refractivity contribution in [3.63, 3.8) is 0 Å².